The molecule has 0 aliphatic heterocycles. The van der Waals surface area contributed by atoms with Crippen molar-refractivity contribution in [1.29, 1.82) is 0 Å². The molecule has 0 amide bonds. The lowest BCUT2D eigenvalue weighted by Crippen LogP contribution is -2.40. The van der Waals surface area contributed by atoms with Gasteiger partial charge in [-0.2, -0.15) is 0 Å². The zero-order chi connectivity index (χ0) is 16.2. The van der Waals surface area contributed by atoms with Crippen LogP contribution >= 0.6 is 23.2 Å². The van der Waals surface area contributed by atoms with Crippen LogP contribution in [0.4, 0.5) is 5.69 Å². The molecule has 11 heteroatoms. The van der Waals surface area contributed by atoms with Crippen molar-refractivity contribution in [1.82, 2.24) is 4.72 Å². The summed E-state index contributed by atoms with van der Waals surface area (Å²) in [6.07, 6.45) is 0. The lowest BCUT2D eigenvalue weighted by atomic mass is 10.3. The van der Waals surface area contributed by atoms with Crippen LogP contribution in [0.25, 0.3) is 0 Å². The first-order valence-corrected chi connectivity index (χ1v) is 7.73. The standard InChI is InChI=1S/C10H12Cl2N2O6S/c1-20-5-6(4-15)13-21(18,19)8-3-2-7(11)10(9(8)12)14(16)17/h2-3,6,13,15H,4-5H2,1H3. The average molecular weight is 359 g/mol. The smallest absolute Gasteiger partial charge is 0.307 e. The van der Waals surface area contributed by atoms with Gasteiger partial charge in [0, 0.05) is 7.11 Å². The van der Waals surface area contributed by atoms with E-state index in [4.69, 9.17) is 33.0 Å². The van der Waals surface area contributed by atoms with Crippen molar-refractivity contribution < 1.29 is 23.2 Å². The van der Waals surface area contributed by atoms with E-state index in [2.05, 4.69) is 4.72 Å². The number of sulfonamides is 1. The van der Waals surface area contributed by atoms with Gasteiger partial charge in [0.1, 0.15) is 14.9 Å². The Bertz CT molecular complexity index is 637. The quantitative estimate of drug-likeness (QED) is 0.558. The number of aliphatic hydroxyl groups is 1. The van der Waals surface area contributed by atoms with E-state index in [1.807, 2.05) is 0 Å². The highest BCUT2D eigenvalue weighted by Crippen LogP contribution is 2.37. The number of nitro groups is 1. The number of hydrogen-bond acceptors (Lipinski definition) is 6. The number of nitrogens with one attached hydrogen (secondary N) is 1. The Morgan fingerprint density at radius 1 is 1.48 bits per heavy atom. The molecule has 0 spiro atoms. The Kier molecular flexibility index (Phi) is 6.32. The molecule has 2 N–H and O–H groups in total. The van der Waals surface area contributed by atoms with Gasteiger partial charge in [-0.05, 0) is 12.1 Å². The van der Waals surface area contributed by atoms with E-state index in [9.17, 15) is 18.5 Å². The summed E-state index contributed by atoms with van der Waals surface area (Å²) in [5.41, 5.74) is -0.700. The van der Waals surface area contributed by atoms with Crippen molar-refractivity contribution >= 4 is 38.9 Å². The molecule has 0 aliphatic rings. The highest BCUT2D eigenvalue weighted by Gasteiger charge is 2.29. The molecule has 21 heavy (non-hydrogen) atoms. The SMILES string of the molecule is COCC(CO)NS(=O)(=O)c1ccc(Cl)c([N+](=O)[O-])c1Cl. The number of benzene rings is 1. The highest BCUT2D eigenvalue weighted by molar-refractivity contribution is 7.89. The van der Waals surface area contributed by atoms with Crippen LogP contribution in [-0.2, 0) is 14.8 Å². The predicted molar refractivity (Wildman–Crippen MR) is 76.2 cm³/mol. The third kappa shape index (κ3) is 4.25. The fourth-order valence-corrected chi connectivity index (χ4v) is 3.61. The number of nitro benzene ring substituents is 1. The lowest BCUT2D eigenvalue weighted by molar-refractivity contribution is -0.384. The minimum Gasteiger partial charge on any atom is -0.395 e. The number of nitrogens with zero attached hydrogens (tertiary/aromatic N) is 1. The van der Waals surface area contributed by atoms with Crippen LogP contribution in [0.3, 0.4) is 0 Å². The molecule has 1 aromatic carbocycles. The number of rotatable bonds is 7. The monoisotopic (exact) mass is 358 g/mol. The molecule has 0 radical (unpaired) electrons. The van der Waals surface area contributed by atoms with Gasteiger partial charge in [-0.3, -0.25) is 10.1 Å². The first kappa shape index (κ1) is 18.1. The normalized spacial score (nSPS) is 13.1. The van der Waals surface area contributed by atoms with Crippen molar-refractivity contribution in [2.24, 2.45) is 0 Å². The molecule has 1 unspecified atom stereocenters. The lowest BCUT2D eigenvalue weighted by Gasteiger charge is -2.16. The maximum atomic E-state index is 12.2. The summed E-state index contributed by atoms with van der Waals surface area (Å²) in [5.74, 6) is 0. The zero-order valence-corrected chi connectivity index (χ0v) is 13.1. The first-order chi connectivity index (χ1) is 9.74. The van der Waals surface area contributed by atoms with Gasteiger partial charge >= 0.3 is 5.69 Å². The topological polar surface area (TPSA) is 119 Å². The highest BCUT2D eigenvalue weighted by atomic mass is 35.5. The van der Waals surface area contributed by atoms with Crippen LogP contribution in [0.15, 0.2) is 17.0 Å². The second-order valence-corrected chi connectivity index (χ2v) is 6.39. The Labute approximate surface area is 130 Å². The summed E-state index contributed by atoms with van der Waals surface area (Å²) < 4.78 is 31.2. The predicted octanol–water partition coefficient (Wildman–Crippen LogP) is 1.19. The van der Waals surface area contributed by atoms with Crippen molar-refractivity contribution in [3.63, 3.8) is 0 Å². The van der Waals surface area contributed by atoms with E-state index >= 15 is 0 Å². The van der Waals surface area contributed by atoms with Gasteiger partial charge < -0.3 is 9.84 Å². The molecule has 118 valence electrons. The molecule has 0 fully saturated rings. The van der Waals surface area contributed by atoms with E-state index in [0.717, 1.165) is 12.1 Å². The Hall–Kier alpha value is -0.970. The molecule has 1 rings (SSSR count). The summed E-state index contributed by atoms with van der Waals surface area (Å²) in [4.78, 5) is 9.49. The second-order valence-electron chi connectivity index (χ2n) is 3.92. The van der Waals surface area contributed by atoms with Crippen LogP contribution in [-0.4, -0.2) is 44.8 Å². The number of aliphatic hydroxyl groups excluding tert-OH is 1. The maximum absolute atomic E-state index is 12.2. The van der Waals surface area contributed by atoms with Crippen molar-refractivity contribution in [2.45, 2.75) is 10.9 Å². The molecule has 1 aromatic rings. The Morgan fingerprint density at radius 3 is 2.57 bits per heavy atom. The fourth-order valence-electron chi connectivity index (χ4n) is 1.51. The van der Waals surface area contributed by atoms with E-state index < -0.39 is 43.2 Å². The summed E-state index contributed by atoms with van der Waals surface area (Å²) in [5, 5.41) is 19.0. The minimum absolute atomic E-state index is 0.0803. The van der Waals surface area contributed by atoms with Crippen molar-refractivity contribution in [3.05, 3.63) is 32.3 Å². The Morgan fingerprint density at radius 2 is 2.10 bits per heavy atom. The van der Waals surface area contributed by atoms with Gasteiger partial charge in [-0.25, -0.2) is 13.1 Å². The van der Waals surface area contributed by atoms with Crippen LogP contribution in [0.2, 0.25) is 10.0 Å². The Balaban J connectivity index is 3.26. The summed E-state index contributed by atoms with van der Waals surface area (Å²) in [6, 6.07) is 1.19. The molecule has 0 saturated carbocycles. The molecule has 0 saturated heterocycles. The molecular weight excluding hydrogens is 347 g/mol. The van der Waals surface area contributed by atoms with Gasteiger partial charge in [0.2, 0.25) is 10.0 Å². The van der Waals surface area contributed by atoms with Gasteiger partial charge in [-0.15, -0.1) is 0 Å². The largest absolute Gasteiger partial charge is 0.395 e. The van der Waals surface area contributed by atoms with Crippen LogP contribution in [0.5, 0.6) is 0 Å². The van der Waals surface area contributed by atoms with Crippen LogP contribution < -0.4 is 4.72 Å². The summed E-state index contributed by atoms with van der Waals surface area (Å²) in [7, 11) is -2.85. The summed E-state index contributed by atoms with van der Waals surface area (Å²) >= 11 is 11.4. The van der Waals surface area contributed by atoms with Gasteiger partial charge in [0.25, 0.3) is 0 Å². The van der Waals surface area contributed by atoms with E-state index in [-0.39, 0.29) is 11.6 Å². The number of hydrogen-bond donors (Lipinski definition) is 2. The number of ether oxygens (including phenoxy) is 1. The average Bonchev–Trinajstić information content (AvgIpc) is 2.37. The first-order valence-electron chi connectivity index (χ1n) is 5.49. The van der Waals surface area contributed by atoms with Gasteiger partial charge in [-0.1, -0.05) is 23.2 Å². The molecule has 0 aliphatic carbocycles. The molecule has 0 bridgehead atoms. The molecule has 0 heterocycles. The third-order valence-electron chi connectivity index (χ3n) is 2.41. The van der Waals surface area contributed by atoms with Crippen LogP contribution in [0.1, 0.15) is 0 Å². The van der Waals surface area contributed by atoms with Gasteiger partial charge in [0.05, 0.1) is 24.2 Å². The fraction of sp³-hybridized carbons (Fsp3) is 0.400. The molecule has 1 atom stereocenters. The maximum Gasteiger partial charge on any atom is 0.307 e. The summed E-state index contributed by atoms with van der Waals surface area (Å²) in [6.45, 7) is -0.594. The second kappa shape index (κ2) is 7.34. The van der Waals surface area contributed by atoms with E-state index in [1.54, 1.807) is 0 Å². The van der Waals surface area contributed by atoms with E-state index in [1.165, 1.54) is 7.11 Å². The number of methoxy groups -OCH3 is 1. The zero-order valence-electron chi connectivity index (χ0n) is 10.7. The number of halogens is 2. The minimum atomic E-state index is -4.18. The third-order valence-corrected chi connectivity index (χ3v) is 4.78. The van der Waals surface area contributed by atoms with Crippen molar-refractivity contribution in [2.75, 3.05) is 20.3 Å². The molecular formula is C10H12Cl2N2O6S. The van der Waals surface area contributed by atoms with Gasteiger partial charge in [0.15, 0.2) is 0 Å². The van der Waals surface area contributed by atoms with E-state index in [0.29, 0.717) is 0 Å². The van der Waals surface area contributed by atoms with Crippen LogP contribution in [0, 0.1) is 10.1 Å². The molecule has 8 nitrogen and oxygen atoms in total. The van der Waals surface area contributed by atoms with Crippen molar-refractivity contribution in [3.8, 4) is 0 Å². The molecule has 0 aromatic heterocycles.